The lowest BCUT2D eigenvalue weighted by molar-refractivity contribution is -0.150. The monoisotopic (exact) mass is 384 g/mol. The van der Waals surface area contributed by atoms with Gasteiger partial charge in [0.2, 0.25) is 0 Å². The number of piperidine rings is 1. The number of carbonyl (C=O) groups excluding carboxylic acids is 2. The largest absolute Gasteiger partial charge is 0.461 e. The molecular formula is C19H23F3N2O3. The normalized spacial score (nSPS) is 22.4. The van der Waals surface area contributed by atoms with Crippen molar-refractivity contribution >= 4 is 11.9 Å². The van der Waals surface area contributed by atoms with Gasteiger partial charge in [0, 0.05) is 26.1 Å². The van der Waals surface area contributed by atoms with Gasteiger partial charge in [-0.1, -0.05) is 12.1 Å². The van der Waals surface area contributed by atoms with E-state index in [2.05, 4.69) is 0 Å². The van der Waals surface area contributed by atoms with Gasteiger partial charge in [-0.25, -0.2) is 0 Å². The van der Waals surface area contributed by atoms with E-state index in [1.165, 1.54) is 23.1 Å². The Morgan fingerprint density at radius 1 is 1.26 bits per heavy atom. The van der Waals surface area contributed by atoms with Crippen LogP contribution in [0.1, 0.15) is 35.2 Å². The van der Waals surface area contributed by atoms with Crippen LogP contribution >= 0.6 is 0 Å². The fraction of sp³-hybridized carbons (Fsp3) is 0.579. The Labute approximate surface area is 156 Å². The first-order valence-corrected chi connectivity index (χ1v) is 8.94. The number of amides is 1. The molecule has 1 amide bonds. The predicted octanol–water partition coefficient (Wildman–Crippen LogP) is 2.80. The van der Waals surface area contributed by atoms with Crippen molar-refractivity contribution in [2.45, 2.75) is 31.5 Å². The van der Waals surface area contributed by atoms with Gasteiger partial charge in [-0.3, -0.25) is 9.59 Å². The van der Waals surface area contributed by atoms with E-state index < -0.39 is 23.1 Å². The molecule has 3 rings (SSSR count). The van der Waals surface area contributed by atoms with Gasteiger partial charge in [0.1, 0.15) is 6.10 Å². The number of alkyl halides is 3. The zero-order chi connectivity index (χ0) is 19.8. The number of hydrogen-bond acceptors (Lipinski definition) is 4. The highest BCUT2D eigenvalue weighted by Crippen LogP contribution is 2.43. The number of ether oxygens (including phenoxy) is 1. The lowest BCUT2D eigenvalue weighted by atomic mass is 9.76. The Bertz CT molecular complexity index is 725. The molecule has 2 fully saturated rings. The van der Waals surface area contributed by atoms with Crippen LogP contribution in [0.2, 0.25) is 0 Å². The molecule has 5 nitrogen and oxygen atoms in total. The Morgan fingerprint density at radius 2 is 1.89 bits per heavy atom. The molecule has 1 aromatic rings. The van der Waals surface area contributed by atoms with Crippen molar-refractivity contribution in [3.63, 3.8) is 0 Å². The summed E-state index contributed by atoms with van der Waals surface area (Å²) in [5.74, 6) is -0.897. The number of carbonyl (C=O) groups is 2. The molecule has 2 aliphatic heterocycles. The Balaban J connectivity index is 1.70. The van der Waals surface area contributed by atoms with E-state index in [-0.39, 0.29) is 30.7 Å². The average Bonchev–Trinajstić information content (AvgIpc) is 2.88. The van der Waals surface area contributed by atoms with Crippen molar-refractivity contribution in [1.29, 1.82) is 0 Å². The van der Waals surface area contributed by atoms with E-state index in [0.717, 1.165) is 6.07 Å². The molecule has 0 radical (unpaired) electrons. The molecule has 0 aliphatic carbocycles. The molecule has 0 N–H and O–H groups in total. The van der Waals surface area contributed by atoms with Crippen LogP contribution in [0.3, 0.4) is 0 Å². The Hall–Kier alpha value is -2.09. The first-order valence-electron chi connectivity index (χ1n) is 8.94. The summed E-state index contributed by atoms with van der Waals surface area (Å²) in [4.78, 5) is 28.4. The van der Waals surface area contributed by atoms with Crippen LogP contribution in [-0.4, -0.2) is 61.5 Å². The van der Waals surface area contributed by atoms with Crippen molar-refractivity contribution in [3.8, 4) is 0 Å². The Morgan fingerprint density at radius 3 is 2.48 bits per heavy atom. The van der Waals surface area contributed by atoms with Gasteiger partial charge in [-0.15, -0.1) is 0 Å². The maximum Gasteiger partial charge on any atom is 0.417 e. The van der Waals surface area contributed by atoms with Crippen molar-refractivity contribution in [2.75, 3.05) is 33.7 Å². The van der Waals surface area contributed by atoms with Crippen LogP contribution in [-0.2, 0) is 15.7 Å². The maximum absolute atomic E-state index is 13.2. The fourth-order valence-corrected chi connectivity index (χ4v) is 3.98. The number of hydrogen-bond donors (Lipinski definition) is 0. The standard InChI is InChI=1S/C19H23F3N2O3/c1-23(2)12-13-11-18(17(26)27-13)7-9-24(10-8-18)16(25)14-5-3-4-6-15(14)19(20,21)22/h3-6,13H,7-12H2,1-2H3. The molecule has 1 spiro atoms. The van der Waals surface area contributed by atoms with Crippen molar-refractivity contribution in [3.05, 3.63) is 35.4 Å². The first-order chi connectivity index (χ1) is 12.6. The summed E-state index contributed by atoms with van der Waals surface area (Å²) in [6.07, 6.45) is -3.35. The van der Waals surface area contributed by atoms with Crippen LogP contribution in [0.15, 0.2) is 24.3 Å². The van der Waals surface area contributed by atoms with Crippen molar-refractivity contribution < 1.29 is 27.5 Å². The van der Waals surface area contributed by atoms with Crippen LogP contribution in [0.4, 0.5) is 13.2 Å². The van der Waals surface area contributed by atoms with Gasteiger partial charge in [-0.05, 0) is 39.1 Å². The van der Waals surface area contributed by atoms with Crippen LogP contribution in [0.25, 0.3) is 0 Å². The molecule has 1 atom stereocenters. The summed E-state index contributed by atoms with van der Waals surface area (Å²) in [7, 11) is 3.80. The number of halogens is 3. The van der Waals surface area contributed by atoms with Gasteiger partial charge in [0.25, 0.3) is 5.91 Å². The highest BCUT2D eigenvalue weighted by Gasteiger charge is 2.51. The number of nitrogens with zero attached hydrogens (tertiary/aromatic N) is 2. The van der Waals surface area contributed by atoms with E-state index in [1.54, 1.807) is 0 Å². The summed E-state index contributed by atoms with van der Waals surface area (Å²) in [6, 6.07) is 4.81. The zero-order valence-electron chi connectivity index (χ0n) is 15.4. The molecule has 8 heteroatoms. The van der Waals surface area contributed by atoms with Crippen molar-refractivity contribution in [2.24, 2.45) is 5.41 Å². The van der Waals surface area contributed by atoms with Crippen LogP contribution in [0.5, 0.6) is 0 Å². The molecule has 0 aromatic heterocycles. The molecular weight excluding hydrogens is 361 g/mol. The number of likely N-dealkylation sites (tertiary alicyclic amines) is 1. The number of likely N-dealkylation sites (N-methyl/N-ethyl adjacent to an activating group) is 1. The number of benzene rings is 1. The lowest BCUT2D eigenvalue weighted by Gasteiger charge is -2.37. The summed E-state index contributed by atoms with van der Waals surface area (Å²) >= 11 is 0. The average molecular weight is 384 g/mol. The minimum Gasteiger partial charge on any atom is -0.461 e. The maximum atomic E-state index is 13.2. The highest BCUT2D eigenvalue weighted by atomic mass is 19.4. The van der Waals surface area contributed by atoms with Crippen LogP contribution in [0, 0.1) is 5.41 Å². The van der Waals surface area contributed by atoms with E-state index in [9.17, 15) is 22.8 Å². The summed E-state index contributed by atoms with van der Waals surface area (Å²) in [5.41, 5.74) is -1.90. The molecule has 2 heterocycles. The second-order valence-corrected chi connectivity index (χ2v) is 7.61. The number of cyclic esters (lactones) is 1. The van der Waals surface area contributed by atoms with Gasteiger partial charge in [0.05, 0.1) is 16.5 Å². The third kappa shape index (κ3) is 3.95. The molecule has 27 heavy (non-hydrogen) atoms. The first kappa shape index (κ1) is 19.7. The highest BCUT2D eigenvalue weighted by molar-refractivity contribution is 5.96. The topological polar surface area (TPSA) is 49.9 Å². The van der Waals surface area contributed by atoms with E-state index in [0.29, 0.717) is 25.8 Å². The minimum absolute atomic E-state index is 0.180. The molecule has 0 bridgehead atoms. The molecule has 148 valence electrons. The van der Waals surface area contributed by atoms with Gasteiger partial charge >= 0.3 is 12.1 Å². The van der Waals surface area contributed by atoms with Crippen LogP contribution < -0.4 is 0 Å². The summed E-state index contributed by atoms with van der Waals surface area (Å²) < 4.78 is 45.0. The SMILES string of the molecule is CN(C)CC1CC2(CCN(C(=O)c3ccccc3C(F)(F)F)CC2)C(=O)O1. The summed E-state index contributed by atoms with van der Waals surface area (Å²) in [6.45, 7) is 1.12. The van der Waals surface area contributed by atoms with Gasteiger partial charge < -0.3 is 14.5 Å². The third-order valence-electron chi connectivity index (χ3n) is 5.36. The number of rotatable bonds is 3. The van der Waals surface area contributed by atoms with E-state index in [4.69, 9.17) is 4.74 Å². The van der Waals surface area contributed by atoms with E-state index >= 15 is 0 Å². The smallest absolute Gasteiger partial charge is 0.417 e. The molecule has 2 saturated heterocycles. The van der Waals surface area contributed by atoms with E-state index in [1.807, 2.05) is 19.0 Å². The molecule has 0 saturated carbocycles. The fourth-order valence-electron chi connectivity index (χ4n) is 3.98. The second kappa shape index (κ2) is 7.14. The molecule has 2 aliphatic rings. The van der Waals surface area contributed by atoms with Gasteiger partial charge in [-0.2, -0.15) is 13.2 Å². The number of esters is 1. The minimum atomic E-state index is -4.59. The Kier molecular flexibility index (Phi) is 5.20. The quantitative estimate of drug-likeness (QED) is 0.752. The third-order valence-corrected chi connectivity index (χ3v) is 5.36. The lowest BCUT2D eigenvalue weighted by Crippen LogP contribution is -2.45. The summed E-state index contributed by atoms with van der Waals surface area (Å²) in [5, 5.41) is 0. The molecule has 1 unspecified atom stereocenters. The predicted molar refractivity (Wildman–Crippen MR) is 92.1 cm³/mol. The molecule has 1 aromatic carbocycles. The zero-order valence-corrected chi connectivity index (χ0v) is 15.4. The second-order valence-electron chi connectivity index (χ2n) is 7.61. The van der Waals surface area contributed by atoms with Crippen molar-refractivity contribution in [1.82, 2.24) is 9.80 Å². The van der Waals surface area contributed by atoms with Gasteiger partial charge in [0.15, 0.2) is 0 Å².